The molecule has 1 atom stereocenters. The van der Waals surface area contributed by atoms with Gasteiger partial charge in [0.2, 0.25) is 5.91 Å². The van der Waals surface area contributed by atoms with E-state index in [2.05, 4.69) is 11.4 Å². The minimum Gasteiger partial charge on any atom is -0.348 e. The standard InChI is InChI=1S/C23H20FN3O2/c24-16-10-11-19-21(13-16)27(23(29)20-9-4-12-26(19)20)14-22(28)25-18-8-3-6-15-5-1-2-7-17(15)18/h1-2,4-5,7,9-13,18H,3,6,8,14H2,(H,25,28)/t18-/m1/s1. The Balaban J connectivity index is 1.52. The van der Waals surface area contributed by atoms with E-state index in [4.69, 9.17) is 0 Å². The largest absolute Gasteiger partial charge is 0.348 e. The number of halogens is 1. The van der Waals surface area contributed by atoms with E-state index in [0.717, 1.165) is 24.8 Å². The molecule has 5 nitrogen and oxygen atoms in total. The minimum absolute atomic E-state index is 0.0665. The summed E-state index contributed by atoms with van der Waals surface area (Å²) in [4.78, 5) is 25.9. The van der Waals surface area contributed by atoms with Crippen molar-refractivity contribution in [1.29, 1.82) is 0 Å². The van der Waals surface area contributed by atoms with Crippen LogP contribution >= 0.6 is 0 Å². The molecule has 0 saturated carbocycles. The lowest BCUT2D eigenvalue weighted by molar-refractivity contribution is -0.122. The Morgan fingerprint density at radius 3 is 2.83 bits per heavy atom. The van der Waals surface area contributed by atoms with Crippen LogP contribution in [0.3, 0.4) is 0 Å². The molecule has 1 amide bonds. The fourth-order valence-corrected chi connectivity index (χ4v) is 4.37. The summed E-state index contributed by atoms with van der Waals surface area (Å²) in [7, 11) is 0. The predicted molar refractivity (Wildman–Crippen MR) is 109 cm³/mol. The fourth-order valence-electron chi connectivity index (χ4n) is 4.37. The number of aromatic nitrogens is 2. The second kappa shape index (κ2) is 6.88. The van der Waals surface area contributed by atoms with Gasteiger partial charge in [0.05, 0.1) is 17.1 Å². The Bertz CT molecular complexity index is 1300. The lowest BCUT2D eigenvalue weighted by Crippen LogP contribution is -2.36. The number of carbonyl (C=O) groups excluding carboxylic acids is 1. The second-order valence-corrected chi connectivity index (χ2v) is 7.50. The van der Waals surface area contributed by atoms with E-state index < -0.39 is 5.82 Å². The second-order valence-electron chi connectivity index (χ2n) is 7.50. The van der Waals surface area contributed by atoms with E-state index >= 15 is 0 Å². The number of rotatable bonds is 3. The maximum Gasteiger partial charge on any atom is 0.275 e. The molecule has 29 heavy (non-hydrogen) atoms. The third-order valence-corrected chi connectivity index (χ3v) is 5.71. The molecular weight excluding hydrogens is 369 g/mol. The molecule has 146 valence electrons. The maximum absolute atomic E-state index is 13.9. The Morgan fingerprint density at radius 1 is 1.07 bits per heavy atom. The lowest BCUT2D eigenvalue weighted by Gasteiger charge is -2.26. The summed E-state index contributed by atoms with van der Waals surface area (Å²) in [5.41, 5.74) is 3.62. The van der Waals surface area contributed by atoms with Gasteiger partial charge in [-0.15, -0.1) is 0 Å². The van der Waals surface area contributed by atoms with Crippen LogP contribution in [0.5, 0.6) is 0 Å². The molecule has 6 heteroatoms. The molecule has 5 rings (SSSR count). The van der Waals surface area contributed by atoms with Gasteiger partial charge in [0.1, 0.15) is 17.9 Å². The van der Waals surface area contributed by atoms with Crippen LogP contribution in [-0.4, -0.2) is 14.9 Å². The summed E-state index contributed by atoms with van der Waals surface area (Å²) in [6.07, 6.45) is 4.65. The first kappa shape index (κ1) is 17.7. The van der Waals surface area contributed by atoms with Crippen LogP contribution in [-0.2, 0) is 17.8 Å². The number of hydrogen-bond donors (Lipinski definition) is 1. The first-order valence-corrected chi connectivity index (χ1v) is 9.78. The van der Waals surface area contributed by atoms with Gasteiger partial charge >= 0.3 is 0 Å². The number of aryl methyl sites for hydroxylation is 1. The fraction of sp³-hybridized carbons (Fsp3) is 0.217. The molecule has 0 unspecified atom stereocenters. The van der Waals surface area contributed by atoms with E-state index in [-0.39, 0.29) is 24.1 Å². The van der Waals surface area contributed by atoms with Crippen molar-refractivity contribution in [1.82, 2.24) is 14.3 Å². The highest BCUT2D eigenvalue weighted by Crippen LogP contribution is 2.29. The molecule has 0 aliphatic heterocycles. The number of nitrogens with zero attached hydrogens (tertiary/aromatic N) is 2. The summed E-state index contributed by atoms with van der Waals surface area (Å²) in [6.45, 7) is -0.154. The zero-order valence-electron chi connectivity index (χ0n) is 15.8. The molecule has 1 N–H and O–H groups in total. The number of nitrogens with one attached hydrogen (secondary N) is 1. The van der Waals surface area contributed by atoms with Gasteiger partial charge in [0.25, 0.3) is 5.56 Å². The van der Waals surface area contributed by atoms with Crippen molar-refractivity contribution in [3.63, 3.8) is 0 Å². The Labute approximate surface area is 166 Å². The van der Waals surface area contributed by atoms with E-state index in [1.165, 1.54) is 22.3 Å². The molecule has 4 aromatic rings. The summed E-state index contributed by atoms with van der Waals surface area (Å²) >= 11 is 0. The van der Waals surface area contributed by atoms with Crippen LogP contribution in [0, 0.1) is 5.82 Å². The Hall–Kier alpha value is -3.41. The SMILES string of the molecule is O=C(Cn1c(=O)c2cccn2c2ccc(F)cc21)N[C@@H]1CCCc2ccccc21. The molecule has 0 fully saturated rings. The average Bonchev–Trinajstić information content (AvgIpc) is 3.21. The molecule has 2 aromatic heterocycles. The summed E-state index contributed by atoms with van der Waals surface area (Å²) < 4.78 is 17.0. The summed E-state index contributed by atoms with van der Waals surface area (Å²) in [6, 6.07) is 15.8. The minimum atomic E-state index is -0.446. The van der Waals surface area contributed by atoms with Crippen LogP contribution in [0.4, 0.5) is 4.39 Å². The van der Waals surface area contributed by atoms with Gasteiger partial charge in [-0.1, -0.05) is 24.3 Å². The number of benzene rings is 2. The molecule has 0 spiro atoms. The van der Waals surface area contributed by atoms with Gasteiger partial charge in [-0.05, 0) is 60.7 Å². The van der Waals surface area contributed by atoms with Gasteiger partial charge in [0.15, 0.2) is 0 Å². The number of amides is 1. The van der Waals surface area contributed by atoms with Crippen LogP contribution in [0.1, 0.15) is 30.0 Å². The quantitative estimate of drug-likeness (QED) is 0.582. The predicted octanol–water partition coefficient (Wildman–Crippen LogP) is 3.59. The Morgan fingerprint density at radius 2 is 1.93 bits per heavy atom. The molecule has 0 radical (unpaired) electrons. The Kier molecular flexibility index (Phi) is 4.19. The highest BCUT2D eigenvalue weighted by atomic mass is 19.1. The summed E-state index contributed by atoms with van der Waals surface area (Å²) in [5, 5.41) is 3.07. The van der Waals surface area contributed by atoms with Crippen LogP contribution in [0.15, 0.2) is 65.6 Å². The van der Waals surface area contributed by atoms with Crippen molar-refractivity contribution in [2.75, 3.05) is 0 Å². The van der Waals surface area contributed by atoms with Crippen molar-refractivity contribution in [2.45, 2.75) is 31.8 Å². The highest BCUT2D eigenvalue weighted by Gasteiger charge is 2.22. The maximum atomic E-state index is 13.9. The first-order chi connectivity index (χ1) is 14.1. The molecular formula is C23H20FN3O2. The number of carbonyl (C=O) groups is 1. The molecule has 2 heterocycles. The zero-order chi connectivity index (χ0) is 20.0. The molecule has 1 aliphatic rings. The average molecular weight is 389 g/mol. The summed E-state index contributed by atoms with van der Waals surface area (Å²) in [5.74, 6) is -0.700. The van der Waals surface area contributed by atoms with E-state index in [1.54, 1.807) is 28.8 Å². The van der Waals surface area contributed by atoms with Crippen LogP contribution in [0.25, 0.3) is 16.6 Å². The zero-order valence-corrected chi connectivity index (χ0v) is 15.8. The van der Waals surface area contributed by atoms with Gasteiger partial charge < -0.3 is 9.72 Å². The molecule has 0 bridgehead atoms. The molecule has 2 aromatic carbocycles. The van der Waals surface area contributed by atoms with E-state index in [0.29, 0.717) is 16.6 Å². The molecule has 1 aliphatic carbocycles. The van der Waals surface area contributed by atoms with E-state index in [9.17, 15) is 14.0 Å². The number of fused-ring (bicyclic) bond motifs is 4. The van der Waals surface area contributed by atoms with Gasteiger partial charge in [-0.2, -0.15) is 0 Å². The topological polar surface area (TPSA) is 55.5 Å². The van der Waals surface area contributed by atoms with Crippen LogP contribution < -0.4 is 10.9 Å². The van der Waals surface area contributed by atoms with Gasteiger partial charge in [0, 0.05) is 6.20 Å². The molecule has 0 saturated heterocycles. The number of hydrogen-bond acceptors (Lipinski definition) is 2. The van der Waals surface area contributed by atoms with Crippen molar-refractivity contribution < 1.29 is 9.18 Å². The van der Waals surface area contributed by atoms with Crippen molar-refractivity contribution >= 4 is 22.5 Å². The monoisotopic (exact) mass is 389 g/mol. The third kappa shape index (κ3) is 3.01. The van der Waals surface area contributed by atoms with Crippen molar-refractivity contribution in [3.8, 4) is 0 Å². The first-order valence-electron chi connectivity index (χ1n) is 9.78. The smallest absolute Gasteiger partial charge is 0.275 e. The van der Waals surface area contributed by atoms with Gasteiger partial charge in [-0.25, -0.2) is 4.39 Å². The third-order valence-electron chi connectivity index (χ3n) is 5.71. The highest BCUT2D eigenvalue weighted by molar-refractivity contribution is 5.83. The van der Waals surface area contributed by atoms with E-state index in [1.807, 2.05) is 18.2 Å². The van der Waals surface area contributed by atoms with Crippen molar-refractivity contribution in [2.24, 2.45) is 0 Å². The van der Waals surface area contributed by atoms with Crippen molar-refractivity contribution in [3.05, 3.63) is 88.1 Å². The normalized spacial score (nSPS) is 16.1. The lowest BCUT2D eigenvalue weighted by atomic mass is 9.88. The van der Waals surface area contributed by atoms with Crippen LogP contribution in [0.2, 0.25) is 0 Å². The van der Waals surface area contributed by atoms with Gasteiger partial charge in [-0.3, -0.25) is 14.2 Å².